The van der Waals surface area contributed by atoms with Gasteiger partial charge in [-0.05, 0) is 19.5 Å². The van der Waals surface area contributed by atoms with E-state index in [1.807, 2.05) is 31.2 Å². The lowest BCUT2D eigenvalue weighted by atomic mass is 10.1. The SMILES string of the molecule is Cc1cccc(CC(=O)N2CCN(C)[C@@H](C(=O)O)C2)c1. The van der Waals surface area contributed by atoms with E-state index in [2.05, 4.69) is 0 Å². The maximum absolute atomic E-state index is 12.3. The molecule has 0 spiro atoms. The smallest absolute Gasteiger partial charge is 0.322 e. The first-order valence-corrected chi connectivity index (χ1v) is 6.73. The standard InChI is InChI=1S/C15H20N2O3/c1-11-4-3-5-12(8-11)9-14(18)17-7-6-16(2)13(10-17)15(19)20/h3-5,8,13H,6-7,9-10H2,1-2H3,(H,19,20)/t13-/m1/s1. The zero-order valence-corrected chi connectivity index (χ0v) is 11.9. The predicted octanol–water partition coefficient (Wildman–Crippen LogP) is 0.765. The minimum Gasteiger partial charge on any atom is -0.480 e. The number of rotatable bonds is 3. The molecule has 1 atom stereocenters. The zero-order valence-electron chi connectivity index (χ0n) is 11.9. The van der Waals surface area contributed by atoms with Gasteiger partial charge in [0.05, 0.1) is 6.42 Å². The van der Waals surface area contributed by atoms with Crippen LogP contribution >= 0.6 is 0 Å². The van der Waals surface area contributed by atoms with Crippen molar-refractivity contribution in [2.45, 2.75) is 19.4 Å². The third kappa shape index (κ3) is 3.36. The molecule has 108 valence electrons. The van der Waals surface area contributed by atoms with Crippen LogP contribution in [0.4, 0.5) is 0 Å². The lowest BCUT2D eigenvalue weighted by Gasteiger charge is -2.37. The third-order valence-corrected chi connectivity index (χ3v) is 3.72. The van der Waals surface area contributed by atoms with Gasteiger partial charge in [0.1, 0.15) is 6.04 Å². The van der Waals surface area contributed by atoms with Crippen molar-refractivity contribution < 1.29 is 14.7 Å². The van der Waals surface area contributed by atoms with Crippen LogP contribution in [0.15, 0.2) is 24.3 Å². The van der Waals surface area contributed by atoms with E-state index in [-0.39, 0.29) is 12.5 Å². The van der Waals surface area contributed by atoms with Crippen LogP contribution in [0.25, 0.3) is 0 Å². The van der Waals surface area contributed by atoms with Gasteiger partial charge >= 0.3 is 5.97 Å². The summed E-state index contributed by atoms with van der Waals surface area (Å²) in [6.45, 7) is 3.43. The molecule has 0 aliphatic carbocycles. The molecule has 1 heterocycles. The van der Waals surface area contributed by atoms with Gasteiger partial charge in [-0.15, -0.1) is 0 Å². The van der Waals surface area contributed by atoms with Crippen molar-refractivity contribution in [3.63, 3.8) is 0 Å². The molecule has 20 heavy (non-hydrogen) atoms. The molecule has 1 aromatic carbocycles. The molecule has 5 nitrogen and oxygen atoms in total. The molecule has 2 rings (SSSR count). The van der Waals surface area contributed by atoms with E-state index in [1.54, 1.807) is 16.8 Å². The van der Waals surface area contributed by atoms with E-state index in [4.69, 9.17) is 5.11 Å². The molecule has 0 bridgehead atoms. The van der Waals surface area contributed by atoms with Crippen LogP contribution < -0.4 is 0 Å². The average Bonchev–Trinajstić information content (AvgIpc) is 2.38. The number of carbonyl (C=O) groups excluding carboxylic acids is 1. The van der Waals surface area contributed by atoms with E-state index >= 15 is 0 Å². The van der Waals surface area contributed by atoms with Crippen molar-refractivity contribution in [1.82, 2.24) is 9.80 Å². The quantitative estimate of drug-likeness (QED) is 0.885. The molecular weight excluding hydrogens is 256 g/mol. The molecule has 1 N–H and O–H groups in total. The second-order valence-electron chi connectivity index (χ2n) is 5.34. The van der Waals surface area contributed by atoms with Crippen LogP contribution in [0, 0.1) is 6.92 Å². The van der Waals surface area contributed by atoms with Gasteiger partial charge < -0.3 is 10.0 Å². The van der Waals surface area contributed by atoms with Gasteiger partial charge in [-0.25, -0.2) is 0 Å². The van der Waals surface area contributed by atoms with Crippen LogP contribution in [0.1, 0.15) is 11.1 Å². The highest BCUT2D eigenvalue weighted by Crippen LogP contribution is 2.11. The largest absolute Gasteiger partial charge is 0.480 e. The molecule has 1 aliphatic rings. The highest BCUT2D eigenvalue weighted by molar-refractivity contribution is 5.81. The zero-order chi connectivity index (χ0) is 14.7. The molecule has 0 radical (unpaired) electrons. The Balaban J connectivity index is 2.01. The summed E-state index contributed by atoms with van der Waals surface area (Å²) in [5, 5.41) is 9.15. The Hall–Kier alpha value is -1.88. The summed E-state index contributed by atoms with van der Waals surface area (Å²) in [4.78, 5) is 26.9. The number of aryl methyl sites for hydroxylation is 1. The molecule has 1 amide bonds. The van der Waals surface area contributed by atoms with Crippen molar-refractivity contribution in [3.8, 4) is 0 Å². The fourth-order valence-corrected chi connectivity index (χ4v) is 2.48. The van der Waals surface area contributed by atoms with E-state index in [9.17, 15) is 9.59 Å². The minimum atomic E-state index is -0.874. The van der Waals surface area contributed by atoms with Gasteiger partial charge in [0.2, 0.25) is 5.91 Å². The summed E-state index contributed by atoms with van der Waals surface area (Å²) in [7, 11) is 1.78. The number of carbonyl (C=O) groups is 2. The summed E-state index contributed by atoms with van der Waals surface area (Å²) >= 11 is 0. The van der Waals surface area contributed by atoms with Gasteiger partial charge in [-0.3, -0.25) is 14.5 Å². The maximum atomic E-state index is 12.3. The lowest BCUT2D eigenvalue weighted by Crippen LogP contribution is -2.56. The topological polar surface area (TPSA) is 60.9 Å². The predicted molar refractivity (Wildman–Crippen MR) is 75.5 cm³/mol. The minimum absolute atomic E-state index is 0.00468. The third-order valence-electron chi connectivity index (χ3n) is 3.72. The Morgan fingerprint density at radius 2 is 2.10 bits per heavy atom. The highest BCUT2D eigenvalue weighted by atomic mass is 16.4. The lowest BCUT2D eigenvalue weighted by molar-refractivity contribution is -0.147. The van der Waals surface area contributed by atoms with Gasteiger partial charge in [0.15, 0.2) is 0 Å². The van der Waals surface area contributed by atoms with E-state index < -0.39 is 12.0 Å². The average molecular weight is 276 g/mol. The van der Waals surface area contributed by atoms with Crippen LogP contribution in [0.3, 0.4) is 0 Å². The number of benzene rings is 1. The van der Waals surface area contributed by atoms with Crippen molar-refractivity contribution in [2.24, 2.45) is 0 Å². The Labute approximate surface area is 118 Å². The summed E-state index contributed by atoms with van der Waals surface area (Å²) < 4.78 is 0. The molecule has 0 aromatic heterocycles. The number of carboxylic acid groups (broad SMARTS) is 1. The first kappa shape index (κ1) is 14.5. The molecule has 0 unspecified atom stereocenters. The number of amides is 1. The fourth-order valence-electron chi connectivity index (χ4n) is 2.48. The summed E-state index contributed by atoms with van der Waals surface area (Å²) in [5.41, 5.74) is 2.10. The fraction of sp³-hybridized carbons (Fsp3) is 0.467. The molecule has 1 fully saturated rings. The second-order valence-corrected chi connectivity index (χ2v) is 5.34. The number of hydrogen-bond donors (Lipinski definition) is 1. The molecule has 1 aliphatic heterocycles. The van der Waals surface area contributed by atoms with E-state index in [0.717, 1.165) is 11.1 Å². The Kier molecular flexibility index (Phi) is 4.39. The van der Waals surface area contributed by atoms with Crippen molar-refractivity contribution in [2.75, 3.05) is 26.7 Å². The van der Waals surface area contributed by atoms with Crippen LogP contribution in [0.5, 0.6) is 0 Å². The van der Waals surface area contributed by atoms with Crippen molar-refractivity contribution in [3.05, 3.63) is 35.4 Å². The number of hydrogen-bond acceptors (Lipinski definition) is 3. The van der Waals surface area contributed by atoms with Crippen molar-refractivity contribution in [1.29, 1.82) is 0 Å². The Morgan fingerprint density at radius 3 is 2.75 bits per heavy atom. The van der Waals surface area contributed by atoms with Gasteiger partial charge in [-0.2, -0.15) is 0 Å². The molecule has 0 saturated carbocycles. The number of piperazine rings is 1. The highest BCUT2D eigenvalue weighted by Gasteiger charge is 2.31. The first-order chi connectivity index (χ1) is 9.47. The number of aliphatic carboxylic acids is 1. The second kappa shape index (κ2) is 6.05. The van der Waals surface area contributed by atoms with Gasteiger partial charge in [0.25, 0.3) is 0 Å². The summed E-state index contributed by atoms with van der Waals surface area (Å²) in [5.74, 6) is -0.879. The number of nitrogens with zero attached hydrogens (tertiary/aromatic N) is 2. The molecular formula is C15H20N2O3. The molecule has 1 aromatic rings. The monoisotopic (exact) mass is 276 g/mol. The Bertz CT molecular complexity index is 516. The van der Waals surface area contributed by atoms with Crippen molar-refractivity contribution >= 4 is 11.9 Å². The number of carboxylic acids is 1. The number of likely N-dealkylation sites (N-methyl/N-ethyl adjacent to an activating group) is 1. The van der Waals surface area contributed by atoms with Crippen LogP contribution in [-0.4, -0.2) is 59.5 Å². The summed E-state index contributed by atoms with van der Waals surface area (Å²) in [6.07, 6.45) is 0.331. The molecule has 1 saturated heterocycles. The first-order valence-electron chi connectivity index (χ1n) is 6.73. The van der Waals surface area contributed by atoms with Crippen LogP contribution in [-0.2, 0) is 16.0 Å². The van der Waals surface area contributed by atoms with Crippen LogP contribution in [0.2, 0.25) is 0 Å². The Morgan fingerprint density at radius 1 is 1.35 bits per heavy atom. The maximum Gasteiger partial charge on any atom is 0.322 e. The molecule has 5 heteroatoms. The van der Waals surface area contributed by atoms with Gasteiger partial charge in [-0.1, -0.05) is 29.8 Å². The summed E-state index contributed by atoms with van der Waals surface area (Å²) in [6, 6.07) is 7.23. The van der Waals surface area contributed by atoms with E-state index in [1.165, 1.54) is 0 Å². The van der Waals surface area contributed by atoms with Gasteiger partial charge in [0, 0.05) is 19.6 Å². The van der Waals surface area contributed by atoms with E-state index in [0.29, 0.717) is 19.5 Å². The normalized spacial score (nSPS) is 19.9.